The van der Waals surface area contributed by atoms with Crippen LogP contribution in [0, 0.1) is 0 Å². The Morgan fingerprint density at radius 2 is 1.31 bits per heavy atom. The van der Waals surface area contributed by atoms with Crippen LogP contribution in [0.2, 0.25) is 0 Å². The van der Waals surface area contributed by atoms with Gasteiger partial charge in [0.2, 0.25) is 0 Å². The van der Waals surface area contributed by atoms with Crippen molar-refractivity contribution in [2.45, 2.75) is 23.3 Å². The third kappa shape index (κ3) is 2.57. The molecule has 0 heterocycles. The van der Waals surface area contributed by atoms with Gasteiger partial charge in [-0.1, -0.05) is 0 Å². The van der Waals surface area contributed by atoms with Gasteiger partial charge in [0.15, 0.2) is 0 Å². The molecule has 0 aliphatic carbocycles. The van der Waals surface area contributed by atoms with Gasteiger partial charge in [-0.25, -0.2) is 0 Å². The van der Waals surface area contributed by atoms with Crippen molar-refractivity contribution in [1.29, 1.82) is 0 Å². The highest BCUT2D eigenvalue weighted by Gasteiger charge is 2.74. The minimum absolute atomic E-state index is 0.275. The van der Waals surface area contributed by atoms with Gasteiger partial charge in [-0.3, -0.25) is 4.90 Å². The molecule has 2 nitrogen and oxygen atoms in total. The summed E-state index contributed by atoms with van der Waals surface area (Å²) in [6.45, 7) is 0. The highest BCUT2D eigenvalue weighted by molar-refractivity contribution is 7.99. The Hall–Kier alpha value is -0.150. The van der Waals surface area contributed by atoms with Gasteiger partial charge in [0.05, 0.1) is 0 Å². The second-order valence-corrected chi connectivity index (χ2v) is 4.23. The van der Waals surface area contributed by atoms with E-state index in [2.05, 4.69) is 0 Å². The summed E-state index contributed by atoms with van der Waals surface area (Å²) < 4.78 is 74.3. The van der Waals surface area contributed by atoms with E-state index < -0.39 is 23.3 Å². The number of halogens is 6. The zero-order chi connectivity index (χ0) is 13.4. The Bertz CT molecular complexity index is 224. The molecule has 1 N–H and O–H groups in total. The van der Waals surface area contributed by atoms with Gasteiger partial charge >= 0.3 is 12.4 Å². The van der Waals surface area contributed by atoms with Crippen LogP contribution < -0.4 is 0 Å². The first-order valence-corrected chi connectivity index (χ1v) is 5.23. The van der Waals surface area contributed by atoms with Gasteiger partial charge in [-0.15, -0.1) is 11.8 Å². The second kappa shape index (κ2) is 4.61. The van der Waals surface area contributed by atoms with Gasteiger partial charge < -0.3 is 5.11 Å². The van der Waals surface area contributed by atoms with Crippen LogP contribution in [0.1, 0.15) is 0 Å². The fourth-order valence-electron chi connectivity index (χ4n) is 1.20. The maximum atomic E-state index is 12.4. The summed E-state index contributed by atoms with van der Waals surface area (Å²) in [5.74, 6) is 0. The Morgan fingerprint density at radius 1 is 1.00 bits per heavy atom. The first-order valence-electron chi connectivity index (χ1n) is 3.94. The summed E-state index contributed by atoms with van der Waals surface area (Å²) in [6, 6.07) is 0. The number of aliphatic hydroxyl groups is 1. The minimum atomic E-state index is -5.79. The molecule has 9 heteroatoms. The molecule has 0 rings (SSSR count). The number of likely N-dealkylation sites (N-methyl/N-ethyl adjacent to an activating group) is 1. The van der Waals surface area contributed by atoms with Gasteiger partial charge in [0.25, 0.3) is 5.60 Å². The SMILES string of the molecule is CS[C@@H](N(C)C)C(O)(C(F)(F)F)C(F)(F)F. The molecule has 0 aromatic rings. The van der Waals surface area contributed by atoms with Crippen molar-refractivity contribution in [3.63, 3.8) is 0 Å². The number of hydrogen-bond donors (Lipinski definition) is 1. The van der Waals surface area contributed by atoms with E-state index in [1.165, 1.54) is 0 Å². The molecule has 0 spiro atoms. The van der Waals surface area contributed by atoms with E-state index in [4.69, 9.17) is 5.11 Å². The van der Waals surface area contributed by atoms with E-state index in [9.17, 15) is 26.3 Å². The lowest BCUT2D eigenvalue weighted by Gasteiger charge is -2.40. The van der Waals surface area contributed by atoms with Crippen LogP contribution in [0.25, 0.3) is 0 Å². The lowest BCUT2D eigenvalue weighted by atomic mass is 10.0. The quantitative estimate of drug-likeness (QED) is 0.628. The third-order valence-electron chi connectivity index (χ3n) is 1.91. The first kappa shape index (κ1) is 15.9. The maximum Gasteiger partial charge on any atom is 0.428 e. The van der Waals surface area contributed by atoms with Crippen molar-refractivity contribution in [1.82, 2.24) is 4.90 Å². The molecular weight excluding hydrogens is 260 g/mol. The highest BCUT2D eigenvalue weighted by Crippen LogP contribution is 2.48. The summed E-state index contributed by atoms with van der Waals surface area (Å²) in [5, 5.41) is 6.84. The van der Waals surface area contributed by atoms with Crippen molar-refractivity contribution in [2.75, 3.05) is 20.4 Å². The fourth-order valence-corrected chi connectivity index (χ4v) is 2.23. The van der Waals surface area contributed by atoms with E-state index in [1.807, 2.05) is 0 Å². The van der Waals surface area contributed by atoms with Crippen LogP contribution >= 0.6 is 11.8 Å². The molecule has 0 amide bonds. The van der Waals surface area contributed by atoms with E-state index in [-0.39, 0.29) is 11.8 Å². The van der Waals surface area contributed by atoms with Crippen LogP contribution in [0.4, 0.5) is 26.3 Å². The molecule has 0 aliphatic heterocycles. The predicted octanol–water partition coefficient (Wildman–Crippen LogP) is 2.09. The van der Waals surface area contributed by atoms with E-state index in [0.717, 1.165) is 20.4 Å². The molecule has 0 saturated carbocycles. The predicted molar refractivity (Wildman–Crippen MR) is 48.0 cm³/mol. The van der Waals surface area contributed by atoms with E-state index in [0.29, 0.717) is 4.90 Å². The Morgan fingerprint density at radius 3 is 1.38 bits per heavy atom. The zero-order valence-corrected chi connectivity index (χ0v) is 9.46. The average Bonchev–Trinajstić information content (AvgIpc) is 1.99. The Kier molecular flexibility index (Phi) is 4.57. The van der Waals surface area contributed by atoms with Crippen LogP contribution in [0.5, 0.6) is 0 Å². The number of alkyl halides is 6. The summed E-state index contributed by atoms with van der Waals surface area (Å²) in [7, 11) is 2.06. The lowest BCUT2D eigenvalue weighted by molar-refractivity contribution is -0.374. The molecule has 16 heavy (non-hydrogen) atoms. The highest BCUT2D eigenvalue weighted by atomic mass is 32.2. The summed E-state index contributed by atoms with van der Waals surface area (Å²) in [5.41, 5.74) is -4.75. The molecule has 0 aromatic carbocycles. The smallest absolute Gasteiger partial charge is 0.372 e. The Balaban J connectivity index is 5.58. The van der Waals surface area contributed by atoms with E-state index in [1.54, 1.807) is 0 Å². The van der Waals surface area contributed by atoms with Crippen molar-refractivity contribution < 1.29 is 31.4 Å². The molecule has 0 radical (unpaired) electrons. The van der Waals surface area contributed by atoms with Crippen molar-refractivity contribution in [3.05, 3.63) is 0 Å². The molecule has 0 aliphatic rings. The van der Waals surface area contributed by atoms with Crippen molar-refractivity contribution in [3.8, 4) is 0 Å². The number of thioether (sulfide) groups is 1. The van der Waals surface area contributed by atoms with Gasteiger partial charge in [0, 0.05) is 0 Å². The third-order valence-corrected chi connectivity index (χ3v) is 3.12. The largest absolute Gasteiger partial charge is 0.428 e. The minimum Gasteiger partial charge on any atom is -0.372 e. The molecule has 0 aromatic heterocycles. The average molecular weight is 271 g/mol. The molecule has 0 fully saturated rings. The first-order chi connectivity index (χ1) is 6.89. The molecule has 0 saturated heterocycles. The van der Waals surface area contributed by atoms with Crippen LogP contribution in [-0.4, -0.2) is 53.7 Å². The number of hydrogen-bond acceptors (Lipinski definition) is 3. The topological polar surface area (TPSA) is 23.5 Å². The number of rotatable bonds is 3. The lowest BCUT2D eigenvalue weighted by Crippen LogP contribution is -2.66. The van der Waals surface area contributed by atoms with Crippen LogP contribution in [0.3, 0.4) is 0 Å². The Labute approximate surface area is 92.6 Å². The van der Waals surface area contributed by atoms with Gasteiger partial charge in [-0.05, 0) is 20.4 Å². The molecule has 0 unspecified atom stereocenters. The van der Waals surface area contributed by atoms with Crippen LogP contribution in [0.15, 0.2) is 0 Å². The van der Waals surface area contributed by atoms with Gasteiger partial charge in [-0.2, -0.15) is 26.3 Å². The summed E-state index contributed by atoms with van der Waals surface area (Å²) in [4.78, 5) is 0.672. The van der Waals surface area contributed by atoms with Gasteiger partial charge in [0.1, 0.15) is 5.37 Å². The standard InChI is InChI=1S/C7H11F6NOS/c1-14(2)4(16-3)5(15,6(8,9)10)7(11,12)13/h4,15H,1-3H3/t4-/m1/s1. The molecular formula is C7H11F6NOS. The normalized spacial score (nSPS) is 16.7. The zero-order valence-electron chi connectivity index (χ0n) is 8.65. The maximum absolute atomic E-state index is 12.4. The second-order valence-electron chi connectivity index (χ2n) is 3.31. The van der Waals surface area contributed by atoms with Crippen LogP contribution in [-0.2, 0) is 0 Å². The number of nitrogens with zero attached hydrogens (tertiary/aromatic N) is 1. The summed E-state index contributed by atoms with van der Waals surface area (Å²) >= 11 is 0.275. The molecule has 0 bridgehead atoms. The summed E-state index contributed by atoms with van der Waals surface area (Å²) in [6.07, 6.45) is -10.5. The molecule has 98 valence electrons. The fraction of sp³-hybridized carbons (Fsp3) is 1.00. The van der Waals surface area contributed by atoms with Crippen molar-refractivity contribution >= 4 is 11.8 Å². The van der Waals surface area contributed by atoms with Crippen molar-refractivity contribution in [2.24, 2.45) is 0 Å². The monoisotopic (exact) mass is 271 g/mol. The van der Waals surface area contributed by atoms with E-state index >= 15 is 0 Å². The molecule has 1 atom stereocenters.